The number of carbonyl (C=O) groups is 1. The number of carbonyl (C=O) groups excluding carboxylic acids is 1. The van der Waals surface area contributed by atoms with Crippen molar-refractivity contribution >= 4 is 11.6 Å². The van der Waals surface area contributed by atoms with Crippen molar-refractivity contribution in [3.8, 4) is 0 Å². The van der Waals surface area contributed by atoms with Gasteiger partial charge in [-0.25, -0.2) is 0 Å². The van der Waals surface area contributed by atoms with E-state index in [1.54, 1.807) is 0 Å². The van der Waals surface area contributed by atoms with Crippen LogP contribution in [-0.2, 0) is 12.8 Å². The summed E-state index contributed by atoms with van der Waals surface area (Å²) in [5.41, 5.74) is 10.0. The molecule has 2 aliphatic rings. The Morgan fingerprint density at radius 1 is 1.00 bits per heavy atom. The van der Waals surface area contributed by atoms with Gasteiger partial charge in [-0.2, -0.15) is 0 Å². The zero-order valence-corrected chi connectivity index (χ0v) is 13.7. The van der Waals surface area contributed by atoms with Gasteiger partial charge >= 0.3 is 0 Å². The second-order valence-electron chi connectivity index (χ2n) is 6.85. The molecule has 124 valence electrons. The minimum Gasteiger partial charge on any atom is -0.369 e. The number of hydrogen-bond acceptors (Lipinski definition) is 3. The average molecular weight is 321 g/mol. The van der Waals surface area contributed by atoms with Gasteiger partial charge in [0.25, 0.3) is 5.91 Å². The highest BCUT2D eigenvalue weighted by molar-refractivity contribution is 5.98. The number of rotatable bonds is 4. The summed E-state index contributed by atoms with van der Waals surface area (Å²) < 4.78 is 0. The van der Waals surface area contributed by atoms with Crippen molar-refractivity contribution in [1.29, 1.82) is 0 Å². The first-order valence-corrected chi connectivity index (χ1v) is 8.67. The van der Waals surface area contributed by atoms with Gasteiger partial charge in [-0.3, -0.25) is 4.79 Å². The summed E-state index contributed by atoms with van der Waals surface area (Å²) in [5.74, 6) is -0.353. The lowest BCUT2D eigenvalue weighted by Gasteiger charge is -2.22. The molecule has 2 aromatic rings. The summed E-state index contributed by atoms with van der Waals surface area (Å²) in [5, 5.41) is 3.82. The van der Waals surface area contributed by atoms with Gasteiger partial charge in [0.2, 0.25) is 0 Å². The summed E-state index contributed by atoms with van der Waals surface area (Å²) >= 11 is 0. The summed E-state index contributed by atoms with van der Waals surface area (Å²) in [6.45, 7) is 1.89. The van der Waals surface area contributed by atoms with Crippen molar-refractivity contribution in [2.45, 2.75) is 31.3 Å². The fourth-order valence-corrected chi connectivity index (χ4v) is 4.08. The van der Waals surface area contributed by atoms with Crippen molar-refractivity contribution in [1.82, 2.24) is 5.32 Å². The number of primary amides is 1. The van der Waals surface area contributed by atoms with Crippen molar-refractivity contribution in [2.75, 3.05) is 18.0 Å². The van der Waals surface area contributed by atoms with Gasteiger partial charge in [0.1, 0.15) is 0 Å². The third kappa shape index (κ3) is 2.89. The average Bonchev–Trinajstić information content (AvgIpc) is 3.21. The Balaban J connectivity index is 1.40. The van der Waals surface area contributed by atoms with Crippen LogP contribution in [0.25, 0.3) is 0 Å². The Labute approximate surface area is 142 Å². The van der Waals surface area contributed by atoms with Gasteiger partial charge < -0.3 is 16.0 Å². The van der Waals surface area contributed by atoms with Gasteiger partial charge in [0.05, 0.1) is 5.56 Å². The fourth-order valence-electron chi connectivity index (χ4n) is 4.08. The van der Waals surface area contributed by atoms with Gasteiger partial charge in [-0.05, 0) is 42.5 Å². The molecule has 24 heavy (non-hydrogen) atoms. The maximum absolute atomic E-state index is 11.6. The quantitative estimate of drug-likeness (QED) is 0.907. The Morgan fingerprint density at radius 3 is 2.38 bits per heavy atom. The number of para-hydroxylation sites is 1. The van der Waals surface area contributed by atoms with Gasteiger partial charge in [0.15, 0.2) is 0 Å². The van der Waals surface area contributed by atoms with Crippen LogP contribution in [0.3, 0.4) is 0 Å². The first-order valence-electron chi connectivity index (χ1n) is 8.67. The summed E-state index contributed by atoms with van der Waals surface area (Å²) in [7, 11) is 0. The van der Waals surface area contributed by atoms with E-state index in [1.807, 2.05) is 24.3 Å². The van der Waals surface area contributed by atoms with Crippen LogP contribution in [0, 0.1) is 0 Å². The van der Waals surface area contributed by atoms with Gasteiger partial charge in [0, 0.05) is 30.9 Å². The minimum atomic E-state index is -0.353. The maximum atomic E-state index is 11.6. The number of nitrogens with zero attached hydrogens (tertiary/aromatic N) is 1. The molecule has 3 N–H and O–H groups in total. The summed E-state index contributed by atoms with van der Waals surface area (Å²) in [6.07, 6.45) is 3.33. The standard InChI is InChI=1S/C20H23N3O/c21-20(24)18-7-3-4-8-19(18)23-10-9-16(13-23)22-17-11-14-5-1-2-6-15(14)12-17/h1-8,16-17,22H,9-13H2,(H2,21,24). The lowest BCUT2D eigenvalue weighted by Crippen LogP contribution is -2.40. The lowest BCUT2D eigenvalue weighted by atomic mass is 10.1. The molecule has 1 heterocycles. The number of benzene rings is 2. The molecule has 4 nitrogen and oxygen atoms in total. The van der Waals surface area contributed by atoms with Crippen molar-refractivity contribution in [3.05, 3.63) is 65.2 Å². The van der Waals surface area contributed by atoms with E-state index >= 15 is 0 Å². The van der Waals surface area contributed by atoms with Crippen molar-refractivity contribution in [2.24, 2.45) is 5.73 Å². The van der Waals surface area contributed by atoms with E-state index < -0.39 is 0 Å². The van der Waals surface area contributed by atoms with Crippen LogP contribution in [0.4, 0.5) is 5.69 Å². The van der Waals surface area contributed by atoms with E-state index in [0.717, 1.165) is 38.0 Å². The second kappa shape index (κ2) is 6.29. The molecule has 1 fully saturated rings. The van der Waals surface area contributed by atoms with Crippen LogP contribution in [0.2, 0.25) is 0 Å². The number of nitrogens with two attached hydrogens (primary N) is 1. The molecule has 1 atom stereocenters. The molecule has 0 aromatic heterocycles. The van der Waals surface area contributed by atoms with Crippen LogP contribution in [0.15, 0.2) is 48.5 Å². The van der Waals surface area contributed by atoms with Crippen LogP contribution < -0.4 is 16.0 Å². The molecule has 1 saturated heterocycles. The molecule has 1 unspecified atom stereocenters. The molecular formula is C20H23N3O. The van der Waals surface area contributed by atoms with E-state index in [1.165, 1.54) is 11.1 Å². The van der Waals surface area contributed by atoms with Crippen molar-refractivity contribution in [3.63, 3.8) is 0 Å². The number of anilines is 1. The molecule has 1 aliphatic carbocycles. The molecule has 4 heteroatoms. The first-order chi connectivity index (χ1) is 11.7. The zero-order valence-electron chi connectivity index (χ0n) is 13.7. The number of amides is 1. The molecule has 0 bridgehead atoms. The van der Waals surface area contributed by atoms with E-state index in [0.29, 0.717) is 17.6 Å². The highest BCUT2D eigenvalue weighted by atomic mass is 16.1. The van der Waals surface area contributed by atoms with Crippen LogP contribution in [0.1, 0.15) is 27.9 Å². The van der Waals surface area contributed by atoms with E-state index in [9.17, 15) is 4.79 Å². The normalized spacial score (nSPS) is 20.3. The molecular weight excluding hydrogens is 298 g/mol. The molecule has 0 saturated carbocycles. The topological polar surface area (TPSA) is 58.4 Å². The molecule has 4 rings (SSSR count). The van der Waals surface area contributed by atoms with Gasteiger partial charge in [-0.1, -0.05) is 36.4 Å². The smallest absolute Gasteiger partial charge is 0.250 e. The molecule has 2 aromatic carbocycles. The molecule has 0 spiro atoms. The fraction of sp³-hybridized carbons (Fsp3) is 0.350. The largest absolute Gasteiger partial charge is 0.369 e. The minimum absolute atomic E-state index is 0.353. The van der Waals surface area contributed by atoms with E-state index in [4.69, 9.17) is 5.73 Å². The van der Waals surface area contributed by atoms with Crippen molar-refractivity contribution < 1.29 is 4.79 Å². The predicted octanol–water partition coefficient (Wildman–Crippen LogP) is 2.12. The maximum Gasteiger partial charge on any atom is 0.250 e. The SMILES string of the molecule is NC(=O)c1ccccc1N1CCC(NC2Cc3ccccc3C2)C1. The second-order valence-corrected chi connectivity index (χ2v) is 6.85. The molecule has 1 amide bonds. The number of fused-ring (bicyclic) bond motifs is 1. The van der Waals surface area contributed by atoms with Crippen LogP contribution in [0.5, 0.6) is 0 Å². The molecule has 0 radical (unpaired) electrons. The molecule has 1 aliphatic heterocycles. The Hall–Kier alpha value is -2.33. The first kappa shape index (κ1) is 15.2. The highest BCUT2D eigenvalue weighted by Crippen LogP contribution is 2.26. The summed E-state index contributed by atoms with van der Waals surface area (Å²) in [4.78, 5) is 13.9. The monoisotopic (exact) mass is 321 g/mol. The Kier molecular flexibility index (Phi) is 3.98. The Morgan fingerprint density at radius 2 is 1.67 bits per heavy atom. The number of hydrogen-bond donors (Lipinski definition) is 2. The van der Waals surface area contributed by atoms with Crippen LogP contribution >= 0.6 is 0 Å². The summed E-state index contributed by atoms with van der Waals surface area (Å²) in [6, 6.07) is 17.4. The van der Waals surface area contributed by atoms with E-state index in [-0.39, 0.29) is 5.91 Å². The van der Waals surface area contributed by atoms with Gasteiger partial charge in [-0.15, -0.1) is 0 Å². The predicted molar refractivity (Wildman–Crippen MR) is 96.4 cm³/mol. The zero-order chi connectivity index (χ0) is 16.5. The highest BCUT2D eigenvalue weighted by Gasteiger charge is 2.29. The number of nitrogens with one attached hydrogen (secondary N) is 1. The van der Waals surface area contributed by atoms with Crippen LogP contribution in [-0.4, -0.2) is 31.1 Å². The third-order valence-electron chi connectivity index (χ3n) is 5.22. The third-order valence-corrected chi connectivity index (χ3v) is 5.22. The van der Waals surface area contributed by atoms with E-state index in [2.05, 4.69) is 34.5 Å². The lowest BCUT2D eigenvalue weighted by molar-refractivity contribution is 0.100. The Bertz CT molecular complexity index is 733.